The van der Waals surface area contributed by atoms with Crippen LogP contribution in [0.4, 0.5) is 0 Å². The molecule has 1 aromatic carbocycles. The Balaban J connectivity index is 2.28. The van der Waals surface area contributed by atoms with Gasteiger partial charge in [0.2, 0.25) is 0 Å². The van der Waals surface area contributed by atoms with Gasteiger partial charge in [-0.25, -0.2) is 0 Å². The molecule has 0 aliphatic carbocycles. The zero-order chi connectivity index (χ0) is 9.52. The van der Waals surface area contributed by atoms with E-state index >= 15 is 0 Å². The summed E-state index contributed by atoms with van der Waals surface area (Å²) in [5, 5.41) is 3.94. The van der Waals surface area contributed by atoms with Crippen LogP contribution in [-0.2, 0) is 5.75 Å². The van der Waals surface area contributed by atoms with E-state index in [-0.39, 0.29) is 0 Å². The van der Waals surface area contributed by atoms with Crippen molar-refractivity contribution in [2.75, 3.05) is 19.3 Å². The minimum Gasteiger partial charge on any atom is -0.319 e. The van der Waals surface area contributed by atoms with Crippen molar-refractivity contribution in [3.05, 3.63) is 34.9 Å². The number of halogens is 1. The van der Waals surface area contributed by atoms with Gasteiger partial charge in [0, 0.05) is 23.1 Å². The third-order valence-corrected chi connectivity index (χ3v) is 2.92. The van der Waals surface area contributed by atoms with Crippen LogP contribution in [0.1, 0.15) is 5.56 Å². The van der Waals surface area contributed by atoms with Crippen molar-refractivity contribution in [1.29, 1.82) is 0 Å². The highest BCUT2D eigenvalue weighted by Crippen LogP contribution is 2.15. The van der Waals surface area contributed by atoms with Crippen molar-refractivity contribution in [2.45, 2.75) is 5.75 Å². The highest BCUT2D eigenvalue weighted by atomic mass is 35.5. The standard InChI is InChI=1S/C10H14ClNS/c1-12-5-6-13-8-9-3-2-4-10(11)7-9/h2-4,7,12H,5-6,8H2,1H3. The minimum atomic E-state index is 0.826. The molecule has 1 rings (SSSR count). The molecule has 0 radical (unpaired) electrons. The number of nitrogens with one attached hydrogen (secondary N) is 1. The molecule has 0 aromatic heterocycles. The first kappa shape index (κ1) is 10.9. The Morgan fingerprint density at radius 2 is 2.31 bits per heavy atom. The van der Waals surface area contributed by atoms with Crippen LogP contribution in [0.3, 0.4) is 0 Å². The highest BCUT2D eigenvalue weighted by molar-refractivity contribution is 7.98. The smallest absolute Gasteiger partial charge is 0.0409 e. The van der Waals surface area contributed by atoms with Gasteiger partial charge in [0.1, 0.15) is 0 Å². The summed E-state index contributed by atoms with van der Waals surface area (Å²) in [5.74, 6) is 2.19. The SMILES string of the molecule is CNCCSCc1cccc(Cl)c1. The van der Waals surface area contributed by atoms with Crippen LogP contribution < -0.4 is 5.32 Å². The maximum absolute atomic E-state index is 5.86. The van der Waals surface area contributed by atoms with Gasteiger partial charge in [-0.1, -0.05) is 23.7 Å². The molecule has 0 amide bonds. The van der Waals surface area contributed by atoms with Crippen molar-refractivity contribution >= 4 is 23.4 Å². The second kappa shape index (κ2) is 6.30. The lowest BCUT2D eigenvalue weighted by Gasteiger charge is -2.01. The quantitative estimate of drug-likeness (QED) is 0.759. The maximum atomic E-state index is 5.86. The minimum absolute atomic E-state index is 0.826. The summed E-state index contributed by atoms with van der Waals surface area (Å²) in [7, 11) is 1.97. The molecule has 1 nitrogen and oxygen atoms in total. The van der Waals surface area contributed by atoms with Gasteiger partial charge >= 0.3 is 0 Å². The van der Waals surface area contributed by atoms with Gasteiger partial charge in [0.05, 0.1) is 0 Å². The van der Waals surface area contributed by atoms with Gasteiger partial charge in [-0.3, -0.25) is 0 Å². The predicted octanol–water partition coefficient (Wildman–Crippen LogP) is 2.79. The fourth-order valence-electron chi connectivity index (χ4n) is 0.991. The van der Waals surface area contributed by atoms with Gasteiger partial charge in [0.15, 0.2) is 0 Å². The first-order valence-electron chi connectivity index (χ1n) is 4.29. The lowest BCUT2D eigenvalue weighted by atomic mass is 10.2. The van der Waals surface area contributed by atoms with Crippen LogP contribution in [0.15, 0.2) is 24.3 Å². The van der Waals surface area contributed by atoms with Crippen molar-refractivity contribution in [3.8, 4) is 0 Å². The van der Waals surface area contributed by atoms with Gasteiger partial charge in [-0.2, -0.15) is 11.8 Å². The summed E-state index contributed by atoms with van der Waals surface area (Å²) in [6.07, 6.45) is 0. The number of rotatable bonds is 5. The Morgan fingerprint density at radius 3 is 3.00 bits per heavy atom. The monoisotopic (exact) mass is 215 g/mol. The third kappa shape index (κ3) is 4.55. The van der Waals surface area contributed by atoms with Crippen molar-refractivity contribution in [2.24, 2.45) is 0 Å². The largest absolute Gasteiger partial charge is 0.319 e. The molecule has 1 N–H and O–H groups in total. The Bertz CT molecular complexity index is 252. The van der Waals surface area contributed by atoms with E-state index in [1.54, 1.807) is 0 Å². The Kier molecular flexibility index (Phi) is 5.28. The van der Waals surface area contributed by atoms with E-state index in [9.17, 15) is 0 Å². The predicted molar refractivity (Wildman–Crippen MR) is 61.5 cm³/mol. The molecule has 1 aromatic rings. The van der Waals surface area contributed by atoms with Crippen molar-refractivity contribution in [3.63, 3.8) is 0 Å². The van der Waals surface area contributed by atoms with Gasteiger partial charge in [-0.05, 0) is 24.7 Å². The van der Waals surface area contributed by atoms with Gasteiger partial charge in [-0.15, -0.1) is 0 Å². The molecule has 0 fully saturated rings. The van der Waals surface area contributed by atoms with Crippen LogP contribution in [0, 0.1) is 0 Å². The van der Waals surface area contributed by atoms with Crippen LogP contribution in [0.5, 0.6) is 0 Å². The van der Waals surface area contributed by atoms with Crippen LogP contribution in [0.2, 0.25) is 5.02 Å². The van der Waals surface area contributed by atoms with Crippen molar-refractivity contribution in [1.82, 2.24) is 5.32 Å². The summed E-state index contributed by atoms with van der Waals surface area (Å²) < 4.78 is 0. The summed E-state index contributed by atoms with van der Waals surface area (Å²) in [5.41, 5.74) is 1.30. The van der Waals surface area contributed by atoms with Gasteiger partial charge < -0.3 is 5.32 Å². The normalized spacial score (nSPS) is 10.3. The van der Waals surface area contributed by atoms with Gasteiger partial charge in [0.25, 0.3) is 0 Å². The second-order valence-corrected chi connectivity index (χ2v) is 4.33. The van der Waals surface area contributed by atoms with Crippen LogP contribution >= 0.6 is 23.4 Å². The number of hydrogen-bond acceptors (Lipinski definition) is 2. The molecular weight excluding hydrogens is 202 g/mol. The molecule has 13 heavy (non-hydrogen) atoms. The molecule has 0 aliphatic rings. The summed E-state index contributed by atoms with van der Waals surface area (Å²) in [4.78, 5) is 0. The number of benzene rings is 1. The fourth-order valence-corrected chi connectivity index (χ4v) is 2.11. The Morgan fingerprint density at radius 1 is 1.46 bits per heavy atom. The molecule has 0 unspecified atom stereocenters. The lowest BCUT2D eigenvalue weighted by Crippen LogP contribution is -2.09. The Hall–Kier alpha value is -0.180. The van der Waals surface area contributed by atoms with E-state index in [0.717, 1.165) is 23.1 Å². The molecule has 0 saturated heterocycles. The molecule has 0 spiro atoms. The third-order valence-electron chi connectivity index (χ3n) is 1.65. The molecule has 0 atom stereocenters. The van der Waals surface area contributed by atoms with E-state index in [1.165, 1.54) is 5.56 Å². The van der Waals surface area contributed by atoms with Crippen LogP contribution in [0.25, 0.3) is 0 Å². The number of hydrogen-bond donors (Lipinski definition) is 1. The van der Waals surface area contributed by atoms with E-state index in [2.05, 4.69) is 11.4 Å². The van der Waals surface area contributed by atoms with Crippen LogP contribution in [-0.4, -0.2) is 19.3 Å². The lowest BCUT2D eigenvalue weighted by molar-refractivity contribution is 0.872. The van der Waals surface area contributed by atoms with E-state index in [4.69, 9.17) is 11.6 Å². The second-order valence-electron chi connectivity index (χ2n) is 2.79. The average molecular weight is 216 g/mol. The zero-order valence-corrected chi connectivity index (χ0v) is 9.29. The highest BCUT2D eigenvalue weighted by Gasteiger charge is 1.93. The van der Waals surface area contributed by atoms with Crippen molar-refractivity contribution < 1.29 is 0 Å². The number of thioether (sulfide) groups is 1. The average Bonchev–Trinajstić information content (AvgIpc) is 2.13. The summed E-state index contributed by atoms with van der Waals surface area (Å²) >= 11 is 7.78. The topological polar surface area (TPSA) is 12.0 Å². The molecule has 0 heterocycles. The first-order valence-corrected chi connectivity index (χ1v) is 5.83. The molecule has 3 heteroatoms. The van der Waals surface area contributed by atoms with E-state index in [0.29, 0.717) is 0 Å². The van der Waals surface area contributed by atoms with E-state index < -0.39 is 0 Å². The first-order chi connectivity index (χ1) is 6.33. The molecular formula is C10H14ClNS. The summed E-state index contributed by atoms with van der Waals surface area (Å²) in [6, 6.07) is 8.03. The zero-order valence-electron chi connectivity index (χ0n) is 7.72. The molecule has 0 bridgehead atoms. The molecule has 0 aliphatic heterocycles. The van der Waals surface area contributed by atoms with E-state index in [1.807, 2.05) is 37.0 Å². The molecule has 72 valence electrons. The Labute approximate surface area is 88.9 Å². The summed E-state index contributed by atoms with van der Waals surface area (Å²) in [6.45, 7) is 1.06. The maximum Gasteiger partial charge on any atom is 0.0409 e. The fraction of sp³-hybridized carbons (Fsp3) is 0.400. The molecule has 0 saturated carbocycles.